The molecule has 1 aliphatic heterocycles. The predicted octanol–water partition coefficient (Wildman–Crippen LogP) is 1.65. The molecule has 3 N–H and O–H groups in total. The highest BCUT2D eigenvalue weighted by atomic mass is 16.5. The van der Waals surface area contributed by atoms with E-state index in [1.165, 1.54) is 0 Å². The van der Waals surface area contributed by atoms with Crippen molar-refractivity contribution in [3.8, 4) is 0 Å². The Morgan fingerprint density at radius 3 is 2.47 bits per heavy atom. The third-order valence-electron chi connectivity index (χ3n) is 4.23. The molecular weight excluding hydrogens is 244 g/mol. The molecule has 1 rings (SSSR count). The molecule has 0 spiro atoms. The van der Waals surface area contributed by atoms with Crippen molar-refractivity contribution in [1.29, 1.82) is 0 Å². The van der Waals surface area contributed by atoms with Crippen molar-refractivity contribution in [2.24, 2.45) is 5.92 Å². The first-order chi connectivity index (χ1) is 9.00. The summed E-state index contributed by atoms with van der Waals surface area (Å²) in [7, 11) is 0. The van der Waals surface area contributed by atoms with Gasteiger partial charge < -0.3 is 20.5 Å². The van der Waals surface area contributed by atoms with E-state index in [0.29, 0.717) is 25.3 Å². The minimum Gasteiger partial charge on any atom is -0.388 e. The lowest BCUT2D eigenvalue weighted by atomic mass is 9.93. The van der Waals surface area contributed by atoms with Gasteiger partial charge in [0.15, 0.2) is 0 Å². The van der Waals surface area contributed by atoms with Gasteiger partial charge >= 0.3 is 6.03 Å². The topological polar surface area (TPSA) is 70.6 Å². The zero-order chi connectivity index (χ0) is 14.3. The van der Waals surface area contributed by atoms with Crippen molar-refractivity contribution in [2.45, 2.75) is 58.1 Å². The number of rotatable bonds is 6. The second-order valence-electron chi connectivity index (χ2n) is 5.50. The normalized spacial score (nSPS) is 18.9. The van der Waals surface area contributed by atoms with Gasteiger partial charge in [-0.05, 0) is 38.5 Å². The molecule has 0 saturated carbocycles. The molecule has 1 aliphatic rings. The quantitative estimate of drug-likeness (QED) is 0.688. The molecule has 19 heavy (non-hydrogen) atoms. The first-order valence-electron chi connectivity index (χ1n) is 7.35. The first-order valence-corrected chi connectivity index (χ1v) is 7.35. The van der Waals surface area contributed by atoms with Crippen molar-refractivity contribution in [2.75, 3.05) is 19.8 Å². The summed E-state index contributed by atoms with van der Waals surface area (Å²) < 4.78 is 5.31. The lowest BCUT2D eigenvalue weighted by Gasteiger charge is -2.29. The molecule has 2 amide bonds. The monoisotopic (exact) mass is 272 g/mol. The van der Waals surface area contributed by atoms with Gasteiger partial charge in [-0.3, -0.25) is 0 Å². The van der Waals surface area contributed by atoms with E-state index in [4.69, 9.17) is 4.74 Å². The molecule has 1 saturated heterocycles. The summed E-state index contributed by atoms with van der Waals surface area (Å²) in [5, 5.41) is 15.8. The van der Waals surface area contributed by atoms with Crippen LogP contribution in [0.4, 0.5) is 4.79 Å². The minimum absolute atomic E-state index is 0.139. The minimum atomic E-state index is -0.792. The van der Waals surface area contributed by atoms with Crippen LogP contribution in [0.1, 0.15) is 46.5 Å². The fourth-order valence-electron chi connectivity index (χ4n) is 2.34. The number of carbonyl (C=O) groups is 1. The summed E-state index contributed by atoms with van der Waals surface area (Å²) in [6.45, 7) is 7.74. The van der Waals surface area contributed by atoms with Crippen LogP contribution in [0.15, 0.2) is 0 Å². The Kier molecular flexibility index (Phi) is 6.58. The number of carbonyl (C=O) groups excluding carboxylic acids is 1. The highest BCUT2D eigenvalue weighted by molar-refractivity contribution is 5.74. The zero-order valence-electron chi connectivity index (χ0n) is 12.4. The number of aliphatic hydroxyl groups is 1. The Labute approximate surface area is 116 Å². The van der Waals surface area contributed by atoms with E-state index in [0.717, 1.165) is 26.1 Å². The third-order valence-corrected chi connectivity index (χ3v) is 4.23. The number of nitrogens with one attached hydrogen (secondary N) is 2. The van der Waals surface area contributed by atoms with Crippen molar-refractivity contribution in [1.82, 2.24) is 10.6 Å². The van der Waals surface area contributed by atoms with E-state index in [-0.39, 0.29) is 12.1 Å². The van der Waals surface area contributed by atoms with Crippen LogP contribution >= 0.6 is 0 Å². The number of urea groups is 1. The van der Waals surface area contributed by atoms with Crippen LogP contribution in [0.2, 0.25) is 0 Å². The average Bonchev–Trinajstić information content (AvgIpc) is 2.45. The van der Waals surface area contributed by atoms with Crippen LogP contribution in [0.25, 0.3) is 0 Å². The Morgan fingerprint density at radius 1 is 1.37 bits per heavy atom. The second-order valence-corrected chi connectivity index (χ2v) is 5.50. The molecule has 1 atom stereocenters. The van der Waals surface area contributed by atoms with Crippen molar-refractivity contribution >= 4 is 6.03 Å². The fraction of sp³-hybridized carbons (Fsp3) is 0.929. The van der Waals surface area contributed by atoms with Gasteiger partial charge in [0, 0.05) is 25.8 Å². The van der Waals surface area contributed by atoms with Gasteiger partial charge in [-0.2, -0.15) is 0 Å². The van der Waals surface area contributed by atoms with Crippen molar-refractivity contribution in [3.05, 3.63) is 0 Å². The molecule has 0 aromatic heterocycles. The predicted molar refractivity (Wildman–Crippen MR) is 75.1 cm³/mol. The zero-order valence-corrected chi connectivity index (χ0v) is 12.4. The fourth-order valence-corrected chi connectivity index (χ4v) is 2.34. The van der Waals surface area contributed by atoms with Gasteiger partial charge in [-0.15, -0.1) is 0 Å². The summed E-state index contributed by atoms with van der Waals surface area (Å²) in [5.74, 6) is 0.482. The maximum absolute atomic E-state index is 11.8. The molecular formula is C14H28N2O3. The van der Waals surface area contributed by atoms with Gasteiger partial charge in [0.05, 0.1) is 5.60 Å². The van der Waals surface area contributed by atoms with Crippen LogP contribution in [-0.4, -0.2) is 42.5 Å². The molecule has 5 heteroatoms. The summed E-state index contributed by atoms with van der Waals surface area (Å²) in [5.41, 5.74) is -0.792. The largest absolute Gasteiger partial charge is 0.388 e. The smallest absolute Gasteiger partial charge is 0.315 e. The highest BCUT2D eigenvalue weighted by Gasteiger charge is 2.25. The van der Waals surface area contributed by atoms with E-state index in [1.54, 1.807) is 0 Å². The van der Waals surface area contributed by atoms with Gasteiger partial charge in [0.2, 0.25) is 0 Å². The van der Waals surface area contributed by atoms with Crippen LogP contribution in [-0.2, 0) is 4.74 Å². The van der Waals surface area contributed by atoms with Gasteiger partial charge in [0.25, 0.3) is 0 Å². The third kappa shape index (κ3) is 5.37. The van der Waals surface area contributed by atoms with Gasteiger partial charge in [-0.25, -0.2) is 4.79 Å². The summed E-state index contributed by atoms with van der Waals surface area (Å²) in [6, 6.07) is -0.0560. The van der Waals surface area contributed by atoms with Crippen LogP contribution in [0.3, 0.4) is 0 Å². The molecule has 5 nitrogen and oxygen atoms in total. The Hall–Kier alpha value is -0.810. The number of hydrogen-bond acceptors (Lipinski definition) is 3. The maximum atomic E-state index is 11.8. The highest BCUT2D eigenvalue weighted by Crippen LogP contribution is 2.18. The van der Waals surface area contributed by atoms with Crippen molar-refractivity contribution in [3.63, 3.8) is 0 Å². The molecule has 1 unspecified atom stereocenters. The lowest BCUT2D eigenvalue weighted by molar-refractivity contribution is 0.0343. The van der Waals surface area contributed by atoms with Crippen molar-refractivity contribution < 1.29 is 14.6 Å². The molecule has 0 radical (unpaired) electrons. The molecule has 0 aliphatic carbocycles. The SMILES string of the molecule is CCC(O)(CC)CNC(=O)NC(C)C1CCOCC1. The average molecular weight is 272 g/mol. The molecule has 0 bridgehead atoms. The van der Waals surface area contributed by atoms with Gasteiger partial charge in [-0.1, -0.05) is 13.8 Å². The van der Waals surface area contributed by atoms with Crippen LogP contribution < -0.4 is 10.6 Å². The van der Waals surface area contributed by atoms with E-state index >= 15 is 0 Å². The number of ether oxygens (including phenoxy) is 1. The van der Waals surface area contributed by atoms with E-state index < -0.39 is 5.60 Å². The summed E-state index contributed by atoms with van der Waals surface area (Å²) in [6.07, 6.45) is 3.27. The van der Waals surface area contributed by atoms with E-state index in [2.05, 4.69) is 10.6 Å². The van der Waals surface area contributed by atoms with Crippen LogP contribution in [0, 0.1) is 5.92 Å². The molecule has 112 valence electrons. The first kappa shape index (κ1) is 16.2. The number of amides is 2. The lowest BCUT2D eigenvalue weighted by Crippen LogP contribution is -2.49. The van der Waals surface area contributed by atoms with Gasteiger partial charge in [0.1, 0.15) is 0 Å². The summed E-state index contributed by atoms with van der Waals surface area (Å²) >= 11 is 0. The van der Waals surface area contributed by atoms with E-state index in [9.17, 15) is 9.90 Å². The molecule has 1 heterocycles. The van der Waals surface area contributed by atoms with Crippen LogP contribution in [0.5, 0.6) is 0 Å². The Morgan fingerprint density at radius 2 is 1.95 bits per heavy atom. The summed E-state index contributed by atoms with van der Waals surface area (Å²) in [4.78, 5) is 11.8. The number of hydrogen-bond donors (Lipinski definition) is 3. The molecule has 0 aromatic rings. The molecule has 0 aromatic carbocycles. The maximum Gasteiger partial charge on any atom is 0.315 e. The van der Waals surface area contributed by atoms with E-state index in [1.807, 2.05) is 20.8 Å². The molecule has 1 fully saturated rings. The standard InChI is InChI=1S/C14H28N2O3/c1-4-14(18,5-2)10-15-13(17)16-11(3)12-6-8-19-9-7-12/h11-12,18H,4-10H2,1-3H3,(H2,15,16,17). The Bertz CT molecular complexity index is 274. The Balaban J connectivity index is 2.30. The second kappa shape index (κ2) is 7.70.